The molecule has 2 amide bonds. The number of hydrogen-bond donors (Lipinski definition) is 1. The number of aromatic nitrogens is 1. The molecule has 1 N–H and O–H groups in total. The van der Waals surface area contributed by atoms with E-state index in [0.29, 0.717) is 11.1 Å². The van der Waals surface area contributed by atoms with Crippen molar-refractivity contribution in [2.45, 2.75) is 13.8 Å². The van der Waals surface area contributed by atoms with Crippen LogP contribution in [0.3, 0.4) is 0 Å². The van der Waals surface area contributed by atoms with E-state index in [2.05, 4.69) is 5.32 Å². The summed E-state index contributed by atoms with van der Waals surface area (Å²) in [6.07, 6.45) is 1.45. The average Bonchev–Trinajstić information content (AvgIpc) is 3.09. The highest BCUT2D eigenvalue weighted by molar-refractivity contribution is 7.80. The molecule has 34 heavy (non-hydrogen) atoms. The number of benzene rings is 2. The third-order valence-corrected chi connectivity index (χ3v) is 5.78. The minimum atomic E-state index is -0.726. The Morgan fingerprint density at radius 2 is 1.82 bits per heavy atom. The molecule has 2 aromatic carbocycles. The van der Waals surface area contributed by atoms with E-state index in [4.69, 9.17) is 17.0 Å². The highest BCUT2D eigenvalue weighted by atomic mass is 32.1. The molecule has 4 rings (SSSR count). The zero-order valence-corrected chi connectivity index (χ0v) is 19.4. The second kappa shape index (κ2) is 9.03. The van der Waals surface area contributed by atoms with Gasteiger partial charge in [-0.2, -0.15) is 0 Å². The van der Waals surface area contributed by atoms with Crippen LogP contribution in [0.5, 0.6) is 0 Å². The van der Waals surface area contributed by atoms with E-state index in [-0.39, 0.29) is 16.4 Å². The summed E-state index contributed by atoms with van der Waals surface area (Å²) >= 11 is 5.14. The Balaban J connectivity index is 1.77. The first-order valence-corrected chi connectivity index (χ1v) is 10.7. The molecule has 0 saturated carbocycles. The zero-order valence-electron chi connectivity index (χ0n) is 18.6. The van der Waals surface area contributed by atoms with Crippen LogP contribution in [0.2, 0.25) is 0 Å². The Bertz CT molecular complexity index is 1390. The van der Waals surface area contributed by atoms with Crippen molar-refractivity contribution in [3.8, 4) is 5.69 Å². The van der Waals surface area contributed by atoms with Gasteiger partial charge < -0.3 is 9.30 Å². The van der Waals surface area contributed by atoms with Crippen LogP contribution in [0, 0.1) is 19.7 Å². The lowest BCUT2D eigenvalue weighted by molar-refractivity contribution is -0.122. The molecule has 0 spiro atoms. The van der Waals surface area contributed by atoms with Gasteiger partial charge in [-0.1, -0.05) is 18.2 Å². The van der Waals surface area contributed by atoms with Crippen LogP contribution in [-0.2, 0) is 14.3 Å². The molecule has 2 heterocycles. The largest absolute Gasteiger partial charge is 0.465 e. The smallest absolute Gasteiger partial charge is 0.337 e. The first-order valence-electron chi connectivity index (χ1n) is 10.3. The van der Waals surface area contributed by atoms with Crippen LogP contribution in [0.4, 0.5) is 10.1 Å². The number of nitrogens with zero attached hydrogens (tertiary/aromatic N) is 2. The van der Waals surface area contributed by atoms with Gasteiger partial charge in [-0.05, 0) is 74.1 Å². The van der Waals surface area contributed by atoms with Gasteiger partial charge in [-0.25, -0.2) is 14.1 Å². The summed E-state index contributed by atoms with van der Waals surface area (Å²) in [6, 6.07) is 14.4. The highest BCUT2D eigenvalue weighted by Crippen LogP contribution is 2.27. The number of ether oxygens (including phenoxy) is 1. The van der Waals surface area contributed by atoms with Crippen LogP contribution in [0.1, 0.15) is 27.3 Å². The highest BCUT2D eigenvalue weighted by Gasteiger charge is 2.35. The van der Waals surface area contributed by atoms with Gasteiger partial charge in [0.25, 0.3) is 11.8 Å². The fourth-order valence-corrected chi connectivity index (χ4v) is 4.16. The molecule has 0 aliphatic carbocycles. The van der Waals surface area contributed by atoms with Gasteiger partial charge >= 0.3 is 5.97 Å². The lowest BCUT2D eigenvalue weighted by Crippen LogP contribution is -2.54. The Kier molecular flexibility index (Phi) is 6.12. The van der Waals surface area contributed by atoms with Gasteiger partial charge in [0.1, 0.15) is 11.4 Å². The minimum absolute atomic E-state index is 0.0477. The van der Waals surface area contributed by atoms with Crippen molar-refractivity contribution < 1.29 is 23.5 Å². The maximum atomic E-state index is 14.4. The Morgan fingerprint density at radius 3 is 2.53 bits per heavy atom. The monoisotopic (exact) mass is 477 g/mol. The van der Waals surface area contributed by atoms with Crippen molar-refractivity contribution in [3.63, 3.8) is 0 Å². The number of nitrogens with one attached hydrogen (secondary N) is 1. The number of amides is 2. The molecule has 0 atom stereocenters. The lowest BCUT2D eigenvalue weighted by atomic mass is 10.1. The van der Waals surface area contributed by atoms with Crippen LogP contribution in [-0.4, -0.2) is 34.6 Å². The van der Waals surface area contributed by atoms with Crippen LogP contribution in [0.15, 0.2) is 60.2 Å². The molecule has 3 aromatic rings. The molecule has 1 aromatic heterocycles. The molecule has 0 radical (unpaired) electrons. The van der Waals surface area contributed by atoms with E-state index >= 15 is 0 Å². The number of hydrogen-bond acceptors (Lipinski definition) is 5. The molecule has 1 saturated heterocycles. The van der Waals surface area contributed by atoms with E-state index in [1.54, 1.807) is 24.3 Å². The summed E-state index contributed by atoms with van der Waals surface area (Å²) in [6.45, 7) is 3.69. The van der Waals surface area contributed by atoms with Gasteiger partial charge in [0.2, 0.25) is 0 Å². The van der Waals surface area contributed by atoms with Crippen molar-refractivity contribution in [1.29, 1.82) is 0 Å². The summed E-state index contributed by atoms with van der Waals surface area (Å²) in [5.41, 5.74) is 3.05. The first kappa shape index (κ1) is 23.1. The molecule has 1 aliphatic heterocycles. The summed E-state index contributed by atoms with van der Waals surface area (Å²) in [5.74, 6) is -2.49. The van der Waals surface area contributed by atoms with Crippen molar-refractivity contribution in [1.82, 2.24) is 9.88 Å². The van der Waals surface area contributed by atoms with Gasteiger partial charge in [-0.3, -0.25) is 14.9 Å². The third kappa shape index (κ3) is 4.01. The predicted octanol–water partition coefficient (Wildman–Crippen LogP) is 3.85. The maximum absolute atomic E-state index is 14.4. The number of aryl methyl sites for hydroxylation is 1. The van der Waals surface area contributed by atoms with E-state index in [9.17, 15) is 18.8 Å². The molecule has 1 aliphatic rings. The topological polar surface area (TPSA) is 80.6 Å². The second-order valence-corrected chi connectivity index (χ2v) is 8.00. The molecule has 172 valence electrons. The fraction of sp³-hybridized carbons (Fsp3) is 0.120. The van der Waals surface area contributed by atoms with Crippen molar-refractivity contribution >= 4 is 46.9 Å². The molecule has 1 fully saturated rings. The number of carbonyl (C=O) groups is 3. The Hall–Kier alpha value is -4.11. The number of thiocarbonyl (C=S) groups is 1. The fourth-order valence-electron chi connectivity index (χ4n) is 3.89. The van der Waals surface area contributed by atoms with Crippen LogP contribution < -0.4 is 10.2 Å². The lowest BCUT2D eigenvalue weighted by Gasteiger charge is -2.29. The summed E-state index contributed by atoms with van der Waals surface area (Å²) in [7, 11) is 1.31. The molecule has 7 nitrogen and oxygen atoms in total. The van der Waals surface area contributed by atoms with E-state index in [0.717, 1.165) is 22.0 Å². The van der Waals surface area contributed by atoms with Gasteiger partial charge in [-0.15, -0.1) is 0 Å². The first-order chi connectivity index (χ1) is 16.2. The molecule has 0 unspecified atom stereocenters. The van der Waals surface area contributed by atoms with Gasteiger partial charge in [0.05, 0.1) is 18.4 Å². The Morgan fingerprint density at radius 1 is 1.09 bits per heavy atom. The molecule has 9 heteroatoms. The summed E-state index contributed by atoms with van der Waals surface area (Å²) < 4.78 is 21.1. The minimum Gasteiger partial charge on any atom is -0.465 e. The number of anilines is 1. The normalized spacial score (nSPS) is 15.0. The van der Waals surface area contributed by atoms with Gasteiger partial charge in [0.15, 0.2) is 5.11 Å². The number of para-hydroxylation sites is 1. The number of esters is 1. The number of halogens is 1. The van der Waals surface area contributed by atoms with Crippen molar-refractivity contribution in [2.75, 3.05) is 12.0 Å². The Labute approximate surface area is 200 Å². The van der Waals surface area contributed by atoms with E-state index < -0.39 is 23.6 Å². The maximum Gasteiger partial charge on any atom is 0.337 e. The number of methoxy groups -OCH3 is 1. The van der Waals surface area contributed by atoms with Crippen molar-refractivity contribution in [3.05, 3.63) is 88.5 Å². The molecular weight excluding hydrogens is 457 g/mol. The standard InChI is InChI=1S/C25H20FN3O4S/c1-14-11-17(15(2)28(14)18-8-6-7-16(12-18)24(32)33-3)13-19-22(30)27-25(34)29(23(19)31)21-10-5-4-9-20(21)26/h4-13H,1-3H3,(H,27,30,34)/b19-13+. The average molecular weight is 478 g/mol. The number of rotatable bonds is 4. The zero-order chi connectivity index (χ0) is 24.6. The number of carbonyl (C=O) groups excluding carboxylic acids is 3. The predicted molar refractivity (Wildman–Crippen MR) is 129 cm³/mol. The second-order valence-electron chi connectivity index (χ2n) is 7.61. The summed E-state index contributed by atoms with van der Waals surface area (Å²) in [5, 5.41) is 2.27. The van der Waals surface area contributed by atoms with Crippen LogP contribution in [0.25, 0.3) is 11.8 Å². The van der Waals surface area contributed by atoms with Crippen LogP contribution >= 0.6 is 12.2 Å². The van der Waals surface area contributed by atoms with E-state index in [1.165, 1.54) is 31.4 Å². The van der Waals surface area contributed by atoms with E-state index in [1.807, 2.05) is 30.5 Å². The molecular formula is C25H20FN3O4S. The summed E-state index contributed by atoms with van der Waals surface area (Å²) in [4.78, 5) is 38.8. The quantitative estimate of drug-likeness (QED) is 0.267. The SMILES string of the molecule is COC(=O)c1cccc(-n2c(C)cc(/C=C3\C(=O)NC(=S)N(c4ccccc4F)C3=O)c2C)c1. The molecule has 0 bridgehead atoms. The van der Waals surface area contributed by atoms with Gasteiger partial charge in [0, 0.05) is 17.1 Å². The van der Waals surface area contributed by atoms with Crippen molar-refractivity contribution in [2.24, 2.45) is 0 Å². The third-order valence-electron chi connectivity index (χ3n) is 5.49.